The van der Waals surface area contributed by atoms with E-state index in [0.29, 0.717) is 0 Å². The maximum Gasteiger partial charge on any atom is 0.397 e. The van der Waals surface area contributed by atoms with Gasteiger partial charge in [0, 0.05) is 0 Å². The van der Waals surface area contributed by atoms with Gasteiger partial charge in [-0.2, -0.15) is 16.8 Å². The smallest absolute Gasteiger partial charge is 0.272 e. The third-order valence-electron chi connectivity index (χ3n) is 1.68. The van der Waals surface area contributed by atoms with Crippen LogP contribution in [0.2, 0.25) is 0 Å². The first-order valence-electron chi connectivity index (χ1n) is 4.63. The largest absolute Gasteiger partial charge is 0.397 e. The number of rotatable bonds is 4. The summed E-state index contributed by atoms with van der Waals surface area (Å²) in [6.07, 6.45) is 6.13. The van der Waals surface area contributed by atoms with E-state index in [-0.39, 0.29) is 0 Å². The van der Waals surface area contributed by atoms with Crippen molar-refractivity contribution >= 4 is 18.3 Å². The zero-order chi connectivity index (χ0) is 13.4. The van der Waals surface area contributed by atoms with Gasteiger partial charge in [-0.05, 0) is 26.7 Å². The summed E-state index contributed by atoms with van der Waals surface area (Å²) >= 11 is 0. The highest BCUT2D eigenvalue weighted by atomic mass is 33.2. The Kier molecular flexibility index (Phi) is 8.71. The first-order valence-corrected chi connectivity index (χ1v) is 8.02. The van der Waals surface area contributed by atoms with Gasteiger partial charge >= 0.3 is 18.3 Å². The first-order chi connectivity index (χ1) is 7.06. The van der Waals surface area contributed by atoms with Gasteiger partial charge in [0.1, 0.15) is 0 Å². The van der Waals surface area contributed by atoms with Crippen molar-refractivity contribution in [3.05, 3.63) is 11.6 Å². The second-order valence-electron chi connectivity index (χ2n) is 3.09. The van der Waals surface area contributed by atoms with E-state index in [1.165, 1.54) is 24.8 Å². The van der Waals surface area contributed by atoms with Crippen LogP contribution in [0.1, 0.15) is 40.0 Å². The lowest BCUT2D eigenvalue weighted by Crippen LogP contribution is -2.11. The number of allylic oxidation sites excluding steroid dienone is 2. The summed E-state index contributed by atoms with van der Waals surface area (Å²) in [4.78, 5) is 0. The normalized spacial score (nSPS) is 12.9. The first kappa shape index (κ1) is 17.9. The third kappa shape index (κ3) is 10.1. The summed E-state index contributed by atoms with van der Waals surface area (Å²) in [5.41, 5.74) is 1.52. The molecule has 0 saturated heterocycles. The zero-order valence-electron chi connectivity index (χ0n) is 9.54. The SMILES string of the molecule is CC=C(C)CCCC.O=S(=O)(O)S(=O)(=O)O. The molecule has 0 saturated carbocycles. The fourth-order valence-electron chi connectivity index (χ4n) is 0.600. The minimum Gasteiger partial charge on any atom is -0.272 e. The number of hydrogen-bond acceptors (Lipinski definition) is 4. The molecular weight excluding hydrogens is 256 g/mol. The molecule has 8 heteroatoms. The van der Waals surface area contributed by atoms with Crippen LogP contribution < -0.4 is 0 Å². The summed E-state index contributed by atoms with van der Waals surface area (Å²) in [5.74, 6) is 0. The van der Waals surface area contributed by atoms with Gasteiger partial charge in [0.25, 0.3) is 0 Å². The Morgan fingerprint density at radius 2 is 1.50 bits per heavy atom. The molecule has 0 aliphatic rings. The van der Waals surface area contributed by atoms with Crippen LogP contribution in [0.3, 0.4) is 0 Å². The molecule has 0 unspecified atom stereocenters. The van der Waals surface area contributed by atoms with Crippen LogP contribution in [0.5, 0.6) is 0 Å². The van der Waals surface area contributed by atoms with E-state index < -0.39 is 18.3 Å². The van der Waals surface area contributed by atoms with E-state index in [4.69, 9.17) is 9.11 Å². The Labute approximate surface area is 96.3 Å². The van der Waals surface area contributed by atoms with Gasteiger partial charge in [-0.25, -0.2) is 0 Å². The summed E-state index contributed by atoms with van der Waals surface area (Å²) in [7, 11) is -10.6. The molecule has 98 valence electrons. The second kappa shape index (κ2) is 7.77. The lowest BCUT2D eigenvalue weighted by atomic mass is 10.1. The fraction of sp³-hybridized carbons (Fsp3) is 0.750. The second-order valence-corrected chi connectivity index (χ2v) is 7.33. The average Bonchev–Trinajstić information content (AvgIpc) is 2.12. The van der Waals surface area contributed by atoms with Crippen molar-refractivity contribution in [3.63, 3.8) is 0 Å². The van der Waals surface area contributed by atoms with E-state index in [2.05, 4.69) is 26.8 Å². The Bertz CT molecular complexity index is 374. The van der Waals surface area contributed by atoms with Crippen molar-refractivity contribution in [1.82, 2.24) is 0 Å². The predicted octanol–water partition coefficient (Wildman–Crippen LogP) is 1.82. The highest BCUT2D eigenvalue weighted by Gasteiger charge is 2.22. The third-order valence-corrected chi connectivity index (χ3v) is 3.81. The minimum atomic E-state index is -5.31. The van der Waals surface area contributed by atoms with Crippen LogP contribution >= 0.6 is 0 Å². The Hall–Kier alpha value is -0.440. The van der Waals surface area contributed by atoms with E-state index in [0.717, 1.165) is 0 Å². The molecule has 0 aromatic rings. The Morgan fingerprint density at radius 3 is 1.69 bits per heavy atom. The van der Waals surface area contributed by atoms with Crippen LogP contribution in [0.15, 0.2) is 11.6 Å². The summed E-state index contributed by atoms with van der Waals surface area (Å²) in [5, 5.41) is 0. The van der Waals surface area contributed by atoms with Gasteiger partial charge in [0.15, 0.2) is 0 Å². The predicted molar refractivity (Wildman–Crippen MR) is 62.1 cm³/mol. The molecule has 0 atom stereocenters. The molecule has 0 bridgehead atoms. The van der Waals surface area contributed by atoms with E-state index in [1.54, 1.807) is 0 Å². The van der Waals surface area contributed by atoms with Gasteiger partial charge in [-0.1, -0.05) is 25.0 Å². The van der Waals surface area contributed by atoms with Crippen LogP contribution in [-0.4, -0.2) is 25.9 Å². The molecule has 16 heavy (non-hydrogen) atoms. The number of hydrogen-bond donors (Lipinski definition) is 2. The highest BCUT2D eigenvalue weighted by Crippen LogP contribution is 2.04. The van der Waals surface area contributed by atoms with E-state index in [9.17, 15) is 16.8 Å². The topological polar surface area (TPSA) is 109 Å². The molecule has 0 aliphatic heterocycles. The molecule has 0 rings (SSSR count). The highest BCUT2D eigenvalue weighted by molar-refractivity contribution is 8.62. The number of unbranched alkanes of at least 4 members (excludes halogenated alkanes) is 1. The van der Waals surface area contributed by atoms with Crippen LogP contribution in [-0.2, 0) is 18.3 Å². The van der Waals surface area contributed by atoms with Crippen molar-refractivity contribution in [2.45, 2.75) is 40.0 Å². The molecule has 2 N–H and O–H groups in total. The van der Waals surface area contributed by atoms with Crippen LogP contribution in [0.4, 0.5) is 0 Å². The van der Waals surface area contributed by atoms with Crippen molar-refractivity contribution < 1.29 is 25.9 Å². The Morgan fingerprint density at radius 1 is 1.12 bits per heavy atom. The van der Waals surface area contributed by atoms with Crippen LogP contribution in [0.25, 0.3) is 0 Å². The van der Waals surface area contributed by atoms with Crippen molar-refractivity contribution in [1.29, 1.82) is 0 Å². The van der Waals surface area contributed by atoms with Crippen LogP contribution in [0, 0.1) is 0 Å². The average molecular weight is 274 g/mol. The Balaban J connectivity index is 0. The fourth-order valence-corrected chi connectivity index (χ4v) is 0.600. The maximum absolute atomic E-state index is 9.37. The van der Waals surface area contributed by atoms with Gasteiger partial charge in [0.2, 0.25) is 0 Å². The molecular formula is C8H18O6S2. The minimum absolute atomic E-state index is 1.28. The molecule has 6 nitrogen and oxygen atoms in total. The monoisotopic (exact) mass is 274 g/mol. The van der Waals surface area contributed by atoms with Crippen molar-refractivity contribution in [2.75, 3.05) is 0 Å². The molecule has 0 amide bonds. The molecule has 0 aliphatic carbocycles. The molecule has 0 aromatic carbocycles. The maximum atomic E-state index is 9.37. The molecule has 0 fully saturated rings. The lowest BCUT2D eigenvalue weighted by Gasteiger charge is -1.94. The zero-order valence-corrected chi connectivity index (χ0v) is 11.2. The molecule has 0 spiro atoms. The van der Waals surface area contributed by atoms with Crippen molar-refractivity contribution in [2.24, 2.45) is 0 Å². The molecule has 0 radical (unpaired) electrons. The summed E-state index contributed by atoms with van der Waals surface area (Å²) in [6.45, 7) is 6.52. The van der Waals surface area contributed by atoms with Gasteiger partial charge in [-0.15, -0.1) is 0 Å². The van der Waals surface area contributed by atoms with Crippen molar-refractivity contribution in [3.8, 4) is 0 Å². The van der Waals surface area contributed by atoms with Gasteiger partial charge in [0.05, 0.1) is 0 Å². The standard InChI is InChI=1S/C8H16.H2O6S2/c1-4-6-7-8(3)5-2;1-7(2,3)8(4,5)6/h5H,4,6-7H2,1-3H3;(H,1,2,3)(H,4,5,6). The summed E-state index contributed by atoms with van der Waals surface area (Å²) in [6, 6.07) is 0. The summed E-state index contributed by atoms with van der Waals surface area (Å²) < 4.78 is 52.5. The van der Waals surface area contributed by atoms with Gasteiger partial charge in [-0.3, -0.25) is 9.11 Å². The quantitative estimate of drug-likeness (QED) is 0.460. The van der Waals surface area contributed by atoms with E-state index in [1.807, 2.05) is 0 Å². The van der Waals surface area contributed by atoms with E-state index >= 15 is 0 Å². The molecule has 0 heterocycles. The lowest BCUT2D eigenvalue weighted by molar-refractivity contribution is 0.460. The molecule has 0 aromatic heterocycles. The van der Waals surface area contributed by atoms with Gasteiger partial charge < -0.3 is 0 Å².